The van der Waals surface area contributed by atoms with Gasteiger partial charge in [-0.2, -0.15) is 0 Å². The second kappa shape index (κ2) is 5.90. The molecule has 7 heteroatoms. The average molecular weight is 323 g/mol. The number of benzene rings is 1. The third-order valence-corrected chi connectivity index (χ3v) is 6.12. The van der Waals surface area contributed by atoms with Crippen molar-refractivity contribution in [3.8, 4) is 5.75 Å². The van der Waals surface area contributed by atoms with Crippen molar-refractivity contribution in [2.24, 2.45) is 4.99 Å². The summed E-state index contributed by atoms with van der Waals surface area (Å²) < 4.78 is 0. The number of rotatable bonds is 3. The lowest BCUT2D eigenvalue weighted by Gasteiger charge is -2.32. The minimum atomic E-state index is -0.837. The standard InChI is InChI=1S/C14H15N2O3S2/c1-16-10(14(18)19)7-21-13(16)9-6-20-12(15-9)8-4-2-3-5-11(8)17/h2-5,9-10,13,17H,1,6-7H2,(H,18,19)/q-1/t9-,10+,13-/m0/s1. The highest BCUT2D eigenvalue weighted by Gasteiger charge is 2.38. The van der Waals surface area contributed by atoms with Crippen LogP contribution < -0.4 is 0 Å². The molecule has 0 amide bonds. The quantitative estimate of drug-likeness (QED) is 0.828. The number of aromatic hydroxyl groups is 1. The van der Waals surface area contributed by atoms with Gasteiger partial charge in [0.05, 0.1) is 17.5 Å². The number of carbonyl (C=O) groups is 1. The van der Waals surface area contributed by atoms with Crippen molar-refractivity contribution in [3.63, 3.8) is 0 Å². The number of aliphatic imine (C=N–C) groups is 1. The Morgan fingerprint density at radius 3 is 2.81 bits per heavy atom. The molecule has 0 radical (unpaired) electrons. The SMILES string of the molecule is [CH2-]N1[C@@H](C(=O)O)CS[C@H]1[C@@H]1CSC(c2ccccc2O)=N1. The third-order valence-electron chi connectivity index (χ3n) is 3.57. The molecule has 0 unspecified atom stereocenters. The summed E-state index contributed by atoms with van der Waals surface area (Å²) in [4.78, 5) is 17.5. The fraction of sp³-hybridized carbons (Fsp3) is 0.357. The Labute approximate surface area is 131 Å². The molecule has 0 aliphatic carbocycles. The first-order valence-electron chi connectivity index (χ1n) is 6.50. The molecule has 1 fully saturated rings. The molecule has 1 saturated heterocycles. The minimum absolute atomic E-state index is 0.00328. The van der Waals surface area contributed by atoms with Crippen molar-refractivity contribution >= 4 is 34.5 Å². The van der Waals surface area contributed by atoms with Gasteiger partial charge < -0.3 is 15.1 Å². The number of aliphatic carboxylic acids is 1. The average Bonchev–Trinajstić information content (AvgIpc) is 3.05. The van der Waals surface area contributed by atoms with E-state index in [1.54, 1.807) is 40.6 Å². The van der Waals surface area contributed by atoms with Crippen molar-refractivity contribution in [2.45, 2.75) is 17.5 Å². The van der Waals surface area contributed by atoms with E-state index in [0.717, 1.165) is 16.4 Å². The van der Waals surface area contributed by atoms with Crippen LogP contribution in [0.5, 0.6) is 5.75 Å². The summed E-state index contributed by atoms with van der Waals surface area (Å²) in [6.07, 6.45) is 0. The van der Waals surface area contributed by atoms with E-state index in [4.69, 9.17) is 5.11 Å². The van der Waals surface area contributed by atoms with Gasteiger partial charge in [-0.05, 0) is 12.1 Å². The van der Waals surface area contributed by atoms with E-state index in [2.05, 4.69) is 12.0 Å². The van der Waals surface area contributed by atoms with Gasteiger partial charge in [-0.25, -0.2) is 0 Å². The molecule has 0 saturated carbocycles. The molecule has 0 aromatic heterocycles. The number of carboxylic acids is 1. The maximum atomic E-state index is 11.1. The normalized spacial score (nSPS) is 29.6. The first-order chi connectivity index (χ1) is 10.1. The summed E-state index contributed by atoms with van der Waals surface area (Å²) in [7, 11) is 3.89. The predicted molar refractivity (Wildman–Crippen MR) is 85.8 cm³/mol. The number of phenols is 1. The molecule has 2 N–H and O–H groups in total. The van der Waals surface area contributed by atoms with Gasteiger partial charge in [0.15, 0.2) is 0 Å². The molecule has 1 aromatic rings. The van der Waals surface area contributed by atoms with Gasteiger partial charge in [0, 0.05) is 17.1 Å². The highest BCUT2D eigenvalue weighted by molar-refractivity contribution is 8.14. The molecular weight excluding hydrogens is 308 g/mol. The molecular formula is C14H15N2O3S2-. The van der Waals surface area contributed by atoms with Gasteiger partial charge in [0.2, 0.25) is 0 Å². The number of carboxylic acid groups (broad SMARTS) is 1. The Morgan fingerprint density at radius 2 is 2.14 bits per heavy atom. The number of hydrogen-bond donors (Lipinski definition) is 2. The molecule has 1 aromatic carbocycles. The van der Waals surface area contributed by atoms with E-state index in [-0.39, 0.29) is 17.2 Å². The molecule has 5 nitrogen and oxygen atoms in total. The van der Waals surface area contributed by atoms with Crippen LogP contribution in [0.15, 0.2) is 29.3 Å². The second-order valence-corrected chi connectivity index (χ2v) is 7.08. The van der Waals surface area contributed by atoms with Crippen LogP contribution in [-0.2, 0) is 4.79 Å². The van der Waals surface area contributed by atoms with Crippen molar-refractivity contribution in [1.29, 1.82) is 0 Å². The van der Waals surface area contributed by atoms with Gasteiger partial charge in [-0.1, -0.05) is 12.1 Å². The summed E-state index contributed by atoms with van der Waals surface area (Å²) >= 11 is 3.18. The number of thioether (sulfide) groups is 2. The summed E-state index contributed by atoms with van der Waals surface area (Å²) in [5, 5.41) is 19.8. The predicted octanol–water partition coefficient (Wildman–Crippen LogP) is 1.87. The Bertz CT molecular complexity index is 593. The maximum absolute atomic E-state index is 11.1. The van der Waals surface area contributed by atoms with Gasteiger partial charge >= 0.3 is 5.97 Å². The zero-order valence-corrected chi connectivity index (χ0v) is 12.8. The van der Waals surface area contributed by atoms with Crippen molar-refractivity contribution in [1.82, 2.24) is 4.90 Å². The Balaban J connectivity index is 1.78. The fourth-order valence-electron chi connectivity index (χ4n) is 2.44. The van der Waals surface area contributed by atoms with Crippen LogP contribution in [0.25, 0.3) is 0 Å². The maximum Gasteiger partial charge on any atom is 0.319 e. The van der Waals surface area contributed by atoms with E-state index in [9.17, 15) is 9.90 Å². The van der Waals surface area contributed by atoms with E-state index >= 15 is 0 Å². The molecule has 3 atom stereocenters. The number of nitrogens with zero attached hydrogens (tertiary/aromatic N) is 2. The molecule has 21 heavy (non-hydrogen) atoms. The highest BCUT2D eigenvalue weighted by atomic mass is 32.2. The summed E-state index contributed by atoms with van der Waals surface area (Å²) in [5.74, 6) is 0.695. The minimum Gasteiger partial charge on any atom is -0.507 e. The summed E-state index contributed by atoms with van der Waals surface area (Å²) in [5.41, 5.74) is 0.735. The lowest BCUT2D eigenvalue weighted by atomic mass is 10.2. The lowest BCUT2D eigenvalue weighted by Crippen LogP contribution is -2.41. The number of hydrogen-bond acceptors (Lipinski definition) is 6. The van der Waals surface area contributed by atoms with Crippen LogP contribution in [0.4, 0.5) is 0 Å². The molecule has 2 aliphatic heterocycles. The first kappa shape index (κ1) is 14.7. The fourth-order valence-corrected chi connectivity index (χ4v) is 5.12. The van der Waals surface area contributed by atoms with Crippen LogP contribution in [0.2, 0.25) is 0 Å². The van der Waals surface area contributed by atoms with Crippen LogP contribution in [0.3, 0.4) is 0 Å². The van der Waals surface area contributed by atoms with Crippen LogP contribution in [0, 0.1) is 7.05 Å². The Kier molecular flexibility index (Phi) is 4.14. The van der Waals surface area contributed by atoms with Gasteiger partial charge in [0.1, 0.15) is 10.8 Å². The van der Waals surface area contributed by atoms with Crippen LogP contribution in [0.1, 0.15) is 5.56 Å². The molecule has 0 spiro atoms. The number of para-hydroxylation sites is 1. The van der Waals surface area contributed by atoms with Crippen molar-refractivity contribution < 1.29 is 15.0 Å². The van der Waals surface area contributed by atoms with E-state index in [1.807, 2.05) is 12.1 Å². The Hall–Kier alpha value is -1.18. The summed E-state index contributed by atoms with van der Waals surface area (Å²) in [6.45, 7) is 0. The molecule has 112 valence electrons. The third kappa shape index (κ3) is 2.77. The van der Waals surface area contributed by atoms with Crippen molar-refractivity contribution in [3.05, 3.63) is 36.9 Å². The van der Waals surface area contributed by atoms with E-state index in [0.29, 0.717) is 5.75 Å². The van der Waals surface area contributed by atoms with Gasteiger partial charge in [-0.15, -0.1) is 23.5 Å². The van der Waals surface area contributed by atoms with Crippen molar-refractivity contribution in [2.75, 3.05) is 11.5 Å². The topological polar surface area (TPSA) is 73.1 Å². The van der Waals surface area contributed by atoms with Crippen LogP contribution in [-0.4, -0.2) is 55.1 Å². The smallest absolute Gasteiger partial charge is 0.319 e. The highest BCUT2D eigenvalue weighted by Crippen LogP contribution is 2.37. The monoisotopic (exact) mass is 323 g/mol. The van der Waals surface area contributed by atoms with Crippen LogP contribution >= 0.6 is 23.5 Å². The van der Waals surface area contributed by atoms with E-state index < -0.39 is 12.0 Å². The lowest BCUT2D eigenvalue weighted by molar-refractivity contribution is -0.141. The van der Waals surface area contributed by atoms with E-state index in [1.165, 1.54) is 0 Å². The molecule has 3 rings (SSSR count). The first-order valence-corrected chi connectivity index (χ1v) is 8.53. The van der Waals surface area contributed by atoms with Gasteiger partial charge in [-0.3, -0.25) is 16.8 Å². The Morgan fingerprint density at radius 1 is 1.38 bits per heavy atom. The van der Waals surface area contributed by atoms with Gasteiger partial charge in [0.25, 0.3) is 0 Å². The molecule has 2 heterocycles. The largest absolute Gasteiger partial charge is 0.507 e. The summed E-state index contributed by atoms with van der Waals surface area (Å²) in [6, 6.07) is 6.57. The zero-order valence-electron chi connectivity index (χ0n) is 11.2. The zero-order chi connectivity index (χ0) is 15.0. The second-order valence-electron chi connectivity index (χ2n) is 4.92. The molecule has 2 aliphatic rings. The number of phenolic OH excluding ortho intramolecular Hbond substituents is 1. The molecule has 0 bridgehead atoms.